The number of rotatable bonds is 5. The van der Waals surface area contributed by atoms with Crippen molar-refractivity contribution in [2.45, 2.75) is 58.8 Å². The van der Waals surface area contributed by atoms with Gasteiger partial charge in [-0.05, 0) is 74.2 Å². The molecule has 6 rings (SSSR count). The van der Waals surface area contributed by atoms with Gasteiger partial charge in [0.05, 0.1) is 12.2 Å². The average Bonchev–Trinajstić information content (AvgIpc) is 3.06. The van der Waals surface area contributed by atoms with Crippen LogP contribution in [-0.4, -0.2) is 50.0 Å². The lowest BCUT2D eigenvalue weighted by molar-refractivity contribution is -0.119. The number of carbonyl (C=O) groups is 1. The molecule has 7 nitrogen and oxygen atoms in total. The molecule has 1 aliphatic heterocycles. The number of likely N-dealkylation sites (tertiary alicyclic amines) is 1. The Bertz CT molecular complexity index is 1460. The molecule has 0 bridgehead atoms. The Hall–Kier alpha value is -2.71. The average molecular weight is 477 g/mol. The second kappa shape index (κ2) is 7.39. The molecular formula is C26H32N6OS. The lowest BCUT2D eigenvalue weighted by atomic mass is 9.88. The number of nitrogens with zero attached hydrogens (tertiary/aromatic N) is 4. The molecule has 2 fully saturated rings. The summed E-state index contributed by atoms with van der Waals surface area (Å²) in [5.41, 5.74) is 14.3. The molecule has 2 atom stereocenters. The Morgan fingerprint density at radius 3 is 2.79 bits per heavy atom. The van der Waals surface area contributed by atoms with Crippen molar-refractivity contribution < 1.29 is 4.79 Å². The van der Waals surface area contributed by atoms with Crippen LogP contribution in [-0.2, 0) is 10.2 Å². The number of hydrogen-bond donors (Lipinski definition) is 2. The van der Waals surface area contributed by atoms with Gasteiger partial charge in [-0.1, -0.05) is 13.8 Å². The van der Waals surface area contributed by atoms with Gasteiger partial charge in [-0.2, -0.15) is 5.10 Å². The zero-order valence-corrected chi connectivity index (χ0v) is 21.3. The van der Waals surface area contributed by atoms with E-state index in [0.29, 0.717) is 18.4 Å². The Morgan fingerprint density at radius 2 is 2.09 bits per heavy atom. The van der Waals surface area contributed by atoms with Gasteiger partial charge in [-0.3, -0.25) is 9.69 Å². The second-order valence-corrected chi connectivity index (χ2v) is 11.7. The van der Waals surface area contributed by atoms with Gasteiger partial charge >= 0.3 is 0 Å². The summed E-state index contributed by atoms with van der Waals surface area (Å²) >= 11 is 1.95. The van der Waals surface area contributed by atoms with Crippen LogP contribution in [0, 0.1) is 26.7 Å². The molecule has 34 heavy (non-hydrogen) atoms. The molecule has 1 saturated carbocycles. The van der Waals surface area contributed by atoms with E-state index in [-0.39, 0.29) is 11.3 Å². The minimum absolute atomic E-state index is 0.225. The molecule has 1 unspecified atom stereocenters. The van der Waals surface area contributed by atoms with Crippen molar-refractivity contribution in [1.82, 2.24) is 24.5 Å². The molecule has 178 valence electrons. The van der Waals surface area contributed by atoms with Gasteiger partial charge in [0.1, 0.15) is 11.2 Å². The van der Waals surface area contributed by atoms with Crippen LogP contribution in [0.3, 0.4) is 0 Å². The number of carbonyl (C=O) groups excluding carboxylic acids is 1. The predicted molar refractivity (Wildman–Crippen MR) is 136 cm³/mol. The first-order chi connectivity index (χ1) is 16.2. The summed E-state index contributed by atoms with van der Waals surface area (Å²) in [4.78, 5) is 24.7. The molecule has 0 spiro atoms. The van der Waals surface area contributed by atoms with E-state index in [1.165, 1.54) is 50.1 Å². The van der Waals surface area contributed by atoms with Crippen molar-refractivity contribution in [3.63, 3.8) is 0 Å². The summed E-state index contributed by atoms with van der Waals surface area (Å²) in [6.07, 6.45) is 6.07. The van der Waals surface area contributed by atoms with E-state index < -0.39 is 0 Å². The summed E-state index contributed by atoms with van der Waals surface area (Å²) in [6.45, 7) is 13.5. The van der Waals surface area contributed by atoms with Gasteiger partial charge < -0.3 is 10.7 Å². The molecule has 1 amide bonds. The number of aromatic amines is 1. The molecule has 1 aliphatic carbocycles. The minimum Gasteiger partial charge on any atom is -0.369 e. The highest BCUT2D eigenvalue weighted by atomic mass is 32.1. The van der Waals surface area contributed by atoms with E-state index in [9.17, 15) is 4.79 Å². The first-order valence-corrected chi connectivity index (χ1v) is 13.0. The van der Waals surface area contributed by atoms with E-state index in [4.69, 9.17) is 5.73 Å². The Morgan fingerprint density at radius 1 is 1.29 bits per heavy atom. The standard InChI is InChI=1S/C26H32N6OS/c1-13(2)20-21-16(5)23(26-6-7-31(11-19(27)33)9-17(26)8-26)34-25(21)30-22(20)18-10-32-24(28-12-29-32)15(4)14(18)3/h10,12-13,17,30H,6-9,11H2,1-5H3,(H2,27,33)/t17?,26-/m1/s1. The highest BCUT2D eigenvalue weighted by molar-refractivity contribution is 7.19. The maximum absolute atomic E-state index is 11.4. The van der Waals surface area contributed by atoms with Crippen molar-refractivity contribution in [1.29, 1.82) is 0 Å². The maximum Gasteiger partial charge on any atom is 0.231 e. The predicted octanol–water partition coefficient (Wildman–Crippen LogP) is 4.44. The van der Waals surface area contributed by atoms with Crippen LogP contribution in [0.4, 0.5) is 0 Å². The monoisotopic (exact) mass is 476 g/mol. The van der Waals surface area contributed by atoms with E-state index in [2.05, 4.69) is 60.8 Å². The van der Waals surface area contributed by atoms with Gasteiger partial charge in [0.25, 0.3) is 0 Å². The lowest BCUT2D eigenvalue weighted by Crippen LogP contribution is -2.41. The van der Waals surface area contributed by atoms with Crippen molar-refractivity contribution in [3.8, 4) is 11.3 Å². The van der Waals surface area contributed by atoms with Crippen LogP contribution in [0.2, 0.25) is 0 Å². The molecule has 4 aromatic heterocycles. The van der Waals surface area contributed by atoms with Crippen LogP contribution in [0.1, 0.15) is 59.7 Å². The lowest BCUT2D eigenvalue weighted by Gasteiger charge is -2.30. The third kappa shape index (κ3) is 3.01. The SMILES string of the molecule is Cc1c(-c2[nH]c3sc([C@@]45CCN(CC(N)=O)CC4C5)c(C)c3c2C(C)C)cn2ncnc2c1C. The Balaban J connectivity index is 1.45. The molecule has 8 heteroatoms. The Kier molecular flexibility index (Phi) is 4.74. The number of hydrogen-bond acceptors (Lipinski definition) is 5. The van der Waals surface area contributed by atoms with E-state index in [0.717, 1.165) is 25.2 Å². The van der Waals surface area contributed by atoms with Crippen LogP contribution < -0.4 is 5.73 Å². The molecule has 3 N–H and O–H groups in total. The Labute approximate surface area is 203 Å². The number of nitrogens with one attached hydrogen (secondary N) is 1. The summed E-state index contributed by atoms with van der Waals surface area (Å²) < 4.78 is 1.89. The molecule has 5 heterocycles. The highest BCUT2D eigenvalue weighted by Gasteiger charge is 2.59. The van der Waals surface area contributed by atoms with E-state index in [1.54, 1.807) is 11.2 Å². The molecule has 0 radical (unpaired) electrons. The largest absolute Gasteiger partial charge is 0.369 e. The normalized spacial score (nSPS) is 22.7. The minimum atomic E-state index is -0.225. The summed E-state index contributed by atoms with van der Waals surface area (Å²) in [6, 6.07) is 0. The number of primary amides is 1. The highest BCUT2D eigenvalue weighted by Crippen LogP contribution is 2.62. The fourth-order valence-electron chi connectivity index (χ4n) is 6.39. The molecular weight excluding hydrogens is 444 g/mol. The van der Waals surface area contributed by atoms with Gasteiger partial charge in [-0.15, -0.1) is 11.3 Å². The molecule has 4 aromatic rings. The van der Waals surface area contributed by atoms with Gasteiger partial charge in [0.15, 0.2) is 5.65 Å². The summed E-state index contributed by atoms with van der Waals surface area (Å²) in [5, 5.41) is 5.82. The number of H-pyrrole nitrogens is 1. The summed E-state index contributed by atoms with van der Waals surface area (Å²) in [5.74, 6) is 0.794. The van der Waals surface area contributed by atoms with Gasteiger partial charge in [-0.25, -0.2) is 9.50 Å². The van der Waals surface area contributed by atoms with Crippen molar-refractivity contribution in [2.24, 2.45) is 11.7 Å². The fourth-order valence-corrected chi connectivity index (χ4v) is 7.93. The van der Waals surface area contributed by atoms with Crippen LogP contribution in [0.15, 0.2) is 12.5 Å². The van der Waals surface area contributed by atoms with Crippen LogP contribution in [0.5, 0.6) is 0 Å². The summed E-state index contributed by atoms with van der Waals surface area (Å²) in [7, 11) is 0. The number of aryl methyl sites for hydroxylation is 2. The molecule has 2 aliphatic rings. The number of fused-ring (bicyclic) bond motifs is 3. The number of aromatic nitrogens is 4. The number of pyridine rings is 1. The van der Waals surface area contributed by atoms with E-state index >= 15 is 0 Å². The van der Waals surface area contributed by atoms with Crippen molar-refractivity contribution in [3.05, 3.63) is 39.7 Å². The molecule has 0 aromatic carbocycles. The quantitative estimate of drug-likeness (QED) is 0.445. The van der Waals surface area contributed by atoms with Gasteiger partial charge in [0.2, 0.25) is 5.91 Å². The smallest absolute Gasteiger partial charge is 0.231 e. The van der Waals surface area contributed by atoms with Crippen LogP contribution in [0.25, 0.3) is 27.1 Å². The topological polar surface area (TPSA) is 92.3 Å². The first-order valence-electron chi connectivity index (χ1n) is 12.2. The van der Waals surface area contributed by atoms with Crippen molar-refractivity contribution in [2.75, 3.05) is 19.6 Å². The number of nitrogens with two attached hydrogens (primary N) is 1. The zero-order valence-electron chi connectivity index (χ0n) is 20.5. The van der Waals surface area contributed by atoms with Crippen molar-refractivity contribution >= 4 is 33.1 Å². The van der Waals surface area contributed by atoms with Crippen LogP contribution >= 0.6 is 11.3 Å². The second-order valence-electron chi connectivity index (χ2n) is 10.7. The zero-order chi connectivity index (χ0) is 23.9. The fraction of sp³-hybridized carbons (Fsp3) is 0.500. The first kappa shape index (κ1) is 21.8. The third-order valence-electron chi connectivity index (χ3n) is 8.31. The number of piperidine rings is 1. The number of thiophene rings is 1. The van der Waals surface area contributed by atoms with E-state index in [1.807, 2.05) is 15.9 Å². The molecule has 1 saturated heterocycles. The maximum atomic E-state index is 11.4. The number of amides is 1. The third-order valence-corrected chi connectivity index (χ3v) is 9.74. The van der Waals surface area contributed by atoms with Gasteiger partial charge in [0, 0.05) is 34.0 Å².